The first-order valence-corrected chi connectivity index (χ1v) is 5.26. The fourth-order valence-electron chi connectivity index (χ4n) is 1.37. The lowest BCUT2D eigenvalue weighted by Crippen LogP contribution is -2.07. The molecule has 0 aliphatic rings. The standard InChI is InChI=1S/C14H10N2O2/c17-14(18)16-13-8-12(9-15-10-13)7-6-11-4-2-1-3-5-11/h1-5,8-10,16H,(H,17,18). The zero-order valence-corrected chi connectivity index (χ0v) is 9.42. The summed E-state index contributed by atoms with van der Waals surface area (Å²) in [5.74, 6) is 5.91. The average molecular weight is 238 g/mol. The van der Waals surface area contributed by atoms with E-state index >= 15 is 0 Å². The monoisotopic (exact) mass is 238 g/mol. The molecule has 88 valence electrons. The number of carbonyl (C=O) groups is 1. The molecule has 0 fully saturated rings. The summed E-state index contributed by atoms with van der Waals surface area (Å²) in [5, 5.41) is 10.8. The summed E-state index contributed by atoms with van der Waals surface area (Å²) in [6.07, 6.45) is 1.90. The molecule has 4 nitrogen and oxygen atoms in total. The topological polar surface area (TPSA) is 62.2 Å². The predicted octanol–water partition coefficient (Wildman–Crippen LogP) is 2.57. The summed E-state index contributed by atoms with van der Waals surface area (Å²) in [5.41, 5.74) is 1.96. The van der Waals surface area contributed by atoms with Gasteiger partial charge in [0.25, 0.3) is 0 Å². The van der Waals surface area contributed by atoms with Crippen LogP contribution in [0.25, 0.3) is 0 Å². The van der Waals surface area contributed by atoms with Crippen molar-refractivity contribution in [2.24, 2.45) is 0 Å². The van der Waals surface area contributed by atoms with Gasteiger partial charge >= 0.3 is 6.09 Å². The fourth-order valence-corrected chi connectivity index (χ4v) is 1.37. The normalized spacial score (nSPS) is 9.11. The predicted molar refractivity (Wildman–Crippen MR) is 68.3 cm³/mol. The molecule has 2 rings (SSSR count). The molecule has 2 N–H and O–H groups in total. The molecule has 0 bridgehead atoms. The molecule has 1 amide bonds. The summed E-state index contributed by atoms with van der Waals surface area (Å²) < 4.78 is 0. The molecule has 0 atom stereocenters. The largest absolute Gasteiger partial charge is 0.465 e. The lowest BCUT2D eigenvalue weighted by molar-refractivity contribution is 0.209. The molecule has 1 heterocycles. The summed E-state index contributed by atoms with van der Waals surface area (Å²) in [7, 11) is 0. The van der Waals surface area contributed by atoms with Gasteiger partial charge in [-0.2, -0.15) is 0 Å². The van der Waals surface area contributed by atoms with Gasteiger partial charge in [-0.05, 0) is 18.2 Å². The molecular formula is C14H10N2O2. The molecule has 0 saturated carbocycles. The molecule has 4 heteroatoms. The van der Waals surface area contributed by atoms with Crippen LogP contribution in [0.1, 0.15) is 11.1 Å². The zero-order valence-electron chi connectivity index (χ0n) is 9.42. The lowest BCUT2D eigenvalue weighted by Gasteiger charge is -1.99. The van der Waals surface area contributed by atoms with E-state index in [9.17, 15) is 4.79 Å². The molecule has 0 unspecified atom stereocenters. The van der Waals surface area contributed by atoms with Crippen molar-refractivity contribution in [2.75, 3.05) is 5.32 Å². The zero-order chi connectivity index (χ0) is 12.8. The van der Waals surface area contributed by atoms with Gasteiger partial charge in [0.1, 0.15) is 0 Å². The maximum Gasteiger partial charge on any atom is 0.409 e. The van der Waals surface area contributed by atoms with E-state index in [1.54, 1.807) is 12.3 Å². The number of hydrogen-bond donors (Lipinski definition) is 2. The number of benzene rings is 1. The molecule has 0 aliphatic heterocycles. The number of carboxylic acid groups (broad SMARTS) is 1. The smallest absolute Gasteiger partial charge is 0.409 e. The second-order valence-electron chi connectivity index (χ2n) is 3.51. The fraction of sp³-hybridized carbons (Fsp3) is 0. The van der Waals surface area contributed by atoms with Crippen molar-refractivity contribution in [3.05, 3.63) is 59.9 Å². The Balaban J connectivity index is 2.20. The Hall–Kier alpha value is -2.80. The second-order valence-corrected chi connectivity index (χ2v) is 3.51. The summed E-state index contributed by atoms with van der Waals surface area (Å²) in [6, 6.07) is 11.2. The van der Waals surface area contributed by atoms with Crippen LogP contribution in [-0.2, 0) is 0 Å². The first-order chi connectivity index (χ1) is 8.74. The number of pyridine rings is 1. The van der Waals surface area contributed by atoms with Gasteiger partial charge in [0.05, 0.1) is 11.9 Å². The van der Waals surface area contributed by atoms with Gasteiger partial charge in [-0.25, -0.2) is 4.79 Å². The van der Waals surface area contributed by atoms with Gasteiger partial charge in [-0.1, -0.05) is 30.0 Å². The first kappa shape index (κ1) is 11.7. The van der Waals surface area contributed by atoms with E-state index in [2.05, 4.69) is 22.1 Å². The summed E-state index contributed by atoms with van der Waals surface area (Å²) in [6.45, 7) is 0. The van der Waals surface area contributed by atoms with Gasteiger partial charge in [-0.15, -0.1) is 0 Å². The van der Waals surface area contributed by atoms with Crippen LogP contribution in [-0.4, -0.2) is 16.2 Å². The molecule has 18 heavy (non-hydrogen) atoms. The van der Waals surface area contributed by atoms with Crippen molar-refractivity contribution in [2.45, 2.75) is 0 Å². The van der Waals surface area contributed by atoms with Gasteiger partial charge in [0, 0.05) is 17.3 Å². The van der Waals surface area contributed by atoms with E-state index in [0.717, 1.165) is 5.56 Å². The summed E-state index contributed by atoms with van der Waals surface area (Å²) in [4.78, 5) is 14.4. The third-order valence-corrected chi connectivity index (χ3v) is 2.11. The highest BCUT2D eigenvalue weighted by atomic mass is 16.4. The average Bonchev–Trinajstić information content (AvgIpc) is 2.37. The van der Waals surface area contributed by atoms with E-state index in [4.69, 9.17) is 5.11 Å². The van der Waals surface area contributed by atoms with Crippen molar-refractivity contribution >= 4 is 11.8 Å². The maximum absolute atomic E-state index is 10.5. The third-order valence-electron chi connectivity index (χ3n) is 2.11. The van der Waals surface area contributed by atoms with E-state index < -0.39 is 6.09 Å². The Kier molecular flexibility index (Phi) is 3.57. The van der Waals surface area contributed by atoms with Crippen LogP contribution in [0, 0.1) is 11.8 Å². The van der Waals surface area contributed by atoms with Crippen LogP contribution in [0.4, 0.5) is 10.5 Å². The number of aromatic nitrogens is 1. The highest BCUT2D eigenvalue weighted by molar-refractivity contribution is 5.82. The minimum atomic E-state index is -1.12. The third kappa shape index (κ3) is 3.35. The summed E-state index contributed by atoms with van der Waals surface area (Å²) >= 11 is 0. The van der Waals surface area contributed by atoms with Crippen molar-refractivity contribution in [1.82, 2.24) is 4.98 Å². The number of amides is 1. The van der Waals surface area contributed by atoms with Crippen LogP contribution in [0.5, 0.6) is 0 Å². The van der Waals surface area contributed by atoms with Crippen LogP contribution in [0.3, 0.4) is 0 Å². The van der Waals surface area contributed by atoms with Gasteiger partial charge in [-0.3, -0.25) is 10.3 Å². The van der Waals surface area contributed by atoms with Gasteiger partial charge in [0.2, 0.25) is 0 Å². The van der Waals surface area contributed by atoms with Crippen LogP contribution >= 0.6 is 0 Å². The minimum absolute atomic E-state index is 0.405. The molecule has 0 radical (unpaired) electrons. The van der Waals surface area contributed by atoms with Crippen molar-refractivity contribution in [3.8, 4) is 11.8 Å². The Morgan fingerprint density at radius 2 is 1.83 bits per heavy atom. The van der Waals surface area contributed by atoms with Crippen molar-refractivity contribution < 1.29 is 9.90 Å². The van der Waals surface area contributed by atoms with Crippen LogP contribution in [0.2, 0.25) is 0 Å². The quantitative estimate of drug-likeness (QED) is 0.750. The van der Waals surface area contributed by atoms with Crippen molar-refractivity contribution in [3.63, 3.8) is 0 Å². The first-order valence-electron chi connectivity index (χ1n) is 5.26. The Labute approximate surface area is 104 Å². The molecule has 2 aromatic rings. The van der Waals surface area contributed by atoms with E-state index in [1.165, 1.54) is 6.20 Å². The lowest BCUT2D eigenvalue weighted by atomic mass is 10.2. The SMILES string of the molecule is O=C(O)Nc1cncc(C#Cc2ccccc2)c1. The second kappa shape index (κ2) is 5.51. The number of nitrogens with zero attached hydrogens (tertiary/aromatic N) is 1. The highest BCUT2D eigenvalue weighted by Crippen LogP contribution is 2.07. The Bertz CT molecular complexity index is 612. The van der Waals surface area contributed by atoms with Crippen LogP contribution < -0.4 is 5.32 Å². The van der Waals surface area contributed by atoms with Crippen LogP contribution in [0.15, 0.2) is 48.8 Å². The highest BCUT2D eigenvalue weighted by Gasteiger charge is 1.98. The van der Waals surface area contributed by atoms with Gasteiger partial charge < -0.3 is 5.11 Å². The Morgan fingerprint density at radius 3 is 2.56 bits per heavy atom. The maximum atomic E-state index is 10.5. The van der Waals surface area contributed by atoms with Crippen molar-refractivity contribution in [1.29, 1.82) is 0 Å². The van der Waals surface area contributed by atoms with E-state index in [1.807, 2.05) is 30.3 Å². The molecule has 0 spiro atoms. The Morgan fingerprint density at radius 1 is 1.11 bits per heavy atom. The molecule has 0 aliphatic carbocycles. The van der Waals surface area contributed by atoms with Gasteiger partial charge in [0.15, 0.2) is 0 Å². The number of rotatable bonds is 1. The number of hydrogen-bond acceptors (Lipinski definition) is 2. The minimum Gasteiger partial charge on any atom is -0.465 e. The molecular weight excluding hydrogens is 228 g/mol. The number of nitrogens with one attached hydrogen (secondary N) is 1. The van der Waals surface area contributed by atoms with E-state index in [0.29, 0.717) is 11.3 Å². The molecule has 1 aromatic heterocycles. The van der Waals surface area contributed by atoms with E-state index in [-0.39, 0.29) is 0 Å². The molecule has 0 saturated heterocycles. The number of anilines is 1. The molecule has 1 aromatic carbocycles.